The standard InChI is InChI=1S/C18H22N2O5/c1-10(2)20-9-12(6-17(20)22)18(23)19-14-8-16-15(24-4-5-25-16)7-13(14)11(3)21/h7-8,10,12H,4-6,9H2,1-3H3,(H,19,23). The van der Waals surface area contributed by atoms with Gasteiger partial charge < -0.3 is 19.7 Å². The molecular weight excluding hydrogens is 324 g/mol. The van der Waals surface area contributed by atoms with Crippen molar-refractivity contribution in [3.63, 3.8) is 0 Å². The Hall–Kier alpha value is -2.57. The molecular formula is C18H22N2O5. The first-order valence-corrected chi connectivity index (χ1v) is 8.41. The van der Waals surface area contributed by atoms with E-state index >= 15 is 0 Å². The Kier molecular flexibility index (Phi) is 4.65. The van der Waals surface area contributed by atoms with Crippen molar-refractivity contribution in [2.24, 2.45) is 5.92 Å². The van der Waals surface area contributed by atoms with Gasteiger partial charge in [-0.1, -0.05) is 0 Å². The number of nitrogens with one attached hydrogen (secondary N) is 1. The first-order chi connectivity index (χ1) is 11.9. The van der Waals surface area contributed by atoms with Crippen molar-refractivity contribution < 1.29 is 23.9 Å². The zero-order chi connectivity index (χ0) is 18.1. The van der Waals surface area contributed by atoms with Crippen molar-refractivity contribution in [1.29, 1.82) is 0 Å². The molecule has 1 N–H and O–H groups in total. The fourth-order valence-electron chi connectivity index (χ4n) is 3.12. The third-order valence-corrected chi connectivity index (χ3v) is 4.47. The Morgan fingerprint density at radius 3 is 2.40 bits per heavy atom. The number of nitrogens with zero attached hydrogens (tertiary/aromatic N) is 1. The number of ether oxygens (including phenoxy) is 2. The minimum absolute atomic E-state index is 0.0240. The molecule has 2 amide bonds. The van der Waals surface area contributed by atoms with E-state index in [2.05, 4.69) is 5.32 Å². The van der Waals surface area contributed by atoms with Gasteiger partial charge in [0.05, 0.1) is 11.6 Å². The average Bonchev–Trinajstić information content (AvgIpc) is 2.96. The zero-order valence-corrected chi connectivity index (χ0v) is 14.6. The fraction of sp³-hybridized carbons (Fsp3) is 0.500. The molecule has 2 heterocycles. The van der Waals surface area contributed by atoms with E-state index in [0.717, 1.165) is 0 Å². The van der Waals surface area contributed by atoms with Crippen LogP contribution in [0.1, 0.15) is 37.6 Å². The predicted octanol–water partition coefficient (Wildman–Crippen LogP) is 1.86. The van der Waals surface area contributed by atoms with E-state index < -0.39 is 5.92 Å². The number of likely N-dealkylation sites (tertiary alicyclic amines) is 1. The second-order valence-corrected chi connectivity index (χ2v) is 6.63. The van der Waals surface area contributed by atoms with E-state index in [9.17, 15) is 14.4 Å². The maximum absolute atomic E-state index is 12.6. The number of hydrogen-bond acceptors (Lipinski definition) is 5. The van der Waals surface area contributed by atoms with Crippen LogP contribution >= 0.6 is 0 Å². The predicted molar refractivity (Wildman–Crippen MR) is 91.0 cm³/mol. The van der Waals surface area contributed by atoms with Gasteiger partial charge in [0.1, 0.15) is 13.2 Å². The van der Waals surface area contributed by atoms with Gasteiger partial charge in [-0.05, 0) is 26.8 Å². The summed E-state index contributed by atoms with van der Waals surface area (Å²) in [5, 5.41) is 2.79. The van der Waals surface area contributed by atoms with Crippen molar-refractivity contribution in [3.05, 3.63) is 17.7 Å². The molecule has 2 aliphatic heterocycles. The van der Waals surface area contributed by atoms with Crippen LogP contribution < -0.4 is 14.8 Å². The van der Waals surface area contributed by atoms with E-state index in [1.165, 1.54) is 6.92 Å². The number of ketones is 1. The minimum atomic E-state index is -0.428. The van der Waals surface area contributed by atoms with Crippen LogP contribution in [0.2, 0.25) is 0 Å². The molecule has 0 aliphatic carbocycles. The van der Waals surface area contributed by atoms with Crippen molar-refractivity contribution in [3.8, 4) is 11.5 Å². The number of amides is 2. The molecule has 1 saturated heterocycles. The van der Waals surface area contributed by atoms with Crippen molar-refractivity contribution in [2.75, 3.05) is 25.1 Å². The zero-order valence-electron chi connectivity index (χ0n) is 14.6. The SMILES string of the molecule is CC(=O)c1cc2c(cc1NC(=O)C1CC(=O)N(C(C)C)C1)OCCO2. The summed E-state index contributed by atoms with van der Waals surface area (Å²) in [5.41, 5.74) is 0.750. The van der Waals surface area contributed by atoms with Crippen LogP contribution in [-0.4, -0.2) is 48.3 Å². The highest BCUT2D eigenvalue weighted by atomic mass is 16.6. The molecule has 0 bridgehead atoms. The van der Waals surface area contributed by atoms with Gasteiger partial charge in [0.15, 0.2) is 17.3 Å². The first kappa shape index (κ1) is 17.3. The fourth-order valence-corrected chi connectivity index (χ4v) is 3.12. The Morgan fingerprint density at radius 2 is 1.84 bits per heavy atom. The summed E-state index contributed by atoms with van der Waals surface area (Å²) >= 11 is 0. The lowest BCUT2D eigenvalue weighted by Crippen LogP contribution is -2.33. The Morgan fingerprint density at radius 1 is 1.20 bits per heavy atom. The van der Waals surface area contributed by atoms with Gasteiger partial charge in [-0.25, -0.2) is 0 Å². The molecule has 1 fully saturated rings. The van der Waals surface area contributed by atoms with E-state index in [1.54, 1.807) is 17.0 Å². The number of carbonyl (C=O) groups is 3. The summed E-state index contributed by atoms with van der Waals surface area (Å²) < 4.78 is 11.0. The van der Waals surface area contributed by atoms with Crippen molar-refractivity contribution in [2.45, 2.75) is 33.2 Å². The monoisotopic (exact) mass is 346 g/mol. The molecule has 0 spiro atoms. The van der Waals surface area contributed by atoms with Crippen molar-refractivity contribution >= 4 is 23.3 Å². The smallest absolute Gasteiger partial charge is 0.229 e. The number of Topliss-reactive ketones (excluding diaryl/α,β-unsaturated/α-hetero) is 1. The maximum Gasteiger partial charge on any atom is 0.229 e. The van der Waals surface area contributed by atoms with Crippen LogP contribution in [0, 0.1) is 5.92 Å². The first-order valence-electron chi connectivity index (χ1n) is 8.41. The molecule has 7 nitrogen and oxygen atoms in total. The molecule has 134 valence electrons. The molecule has 0 saturated carbocycles. The van der Waals surface area contributed by atoms with Gasteiger partial charge in [-0.3, -0.25) is 14.4 Å². The summed E-state index contributed by atoms with van der Waals surface area (Å²) in [7, 11) is 0. The number of benzene rings is 1. The molecule has 1 atom stereocenters. The Bertz CT molecular complexity index is 728. The van der Waals surface area contributed by atoms with Crippen LogP contribution in [0.3, 0.4) is 0 Å². The third-order valence-electron chi connectivity index (χ3n) is 4.47. The van der Waals surface area contributed by atoms with Crippen LogP contribution in [0.25, 0.3) is 0 Å². The molecule has 1 unspecified atom stereocenters. The van der Waals surface area contributed by atoms with Gasteiger partial charge in [0.2, 0.25) is 11.8 Å². The van der Waals surface area contributed by atoms with Gasteiger partial charge in [0.25, 0.3) is 0 Å². The van der Waals surface area contributed by atoms with Gasteiger partial charge in [0, 0.05) is 30.6 Å². The second kappa shape index (κ2) is 6.74. The summed E-state index contributed by atoms with van der Waals surface area (Å²) in [5.74, 6) is 0.0932. The molecule has 2 aliphatic rings. The molecule has 25 heavy (non-hydrogen) atoms. The minimum Gasteiger partial charge on any atom is -0.486 e. The average molecular weight is 346 g/mol. The van der Waals surface area contributed by atoms with Gasteiger partial charge in [-0.2, -0.15) is 0 Å². The summed E-state index contributed by atoms with van der Waals surface area (Å²) in [6.07, 6.45) is 0.184. The molecule has 7 heteroatoms. The maximum atomic E-state index is 12.6. The van der Waals surface area contributed by atoms with Gasteiger partial charge in [-0.15, -0.1) is 0 Å². The van der Waals surface area contributed by atoms with Crippen molar-refractivity contribution in [1.82, 2.24) is 4.90 Å². The molecule has 1 aromatic rings. The highest BCUT2D eigenvalue weighted by molar-refractivity contribution is 6.06. The van der Waals surface area contributed by atoms with E-state index in [-0.39, 0.29) is 30.1 Å². The number of hydrogen-bond donors (Lipinski definition) is 1. The van der Waals surface area contributed by atoms with E-state index in [1.807, 2.05) is 13.8 Å². The van der Waals surface area contributed by atoms with Gasteiger partial charge >= 0.3 is 0 Å². The lowest BCUT2D eigenvalue weighted by molar-refractivity contribution is -0.129. The quantitative estimate of drug-likeness (QED) is 0.841. The van der Waals surface area contributed by atoms with Crippen LogP contribution in [-0.2, 0) is 9.59 Å². The normalized spacial score (nSPS) is 19.3. The Balaban J connectivity index is 1.81. The highest BCUT2D eigenvalue weighted by Gasteiger charge is 2.35. The Labute approximate surface area is 146 Å². The number of fused-ring (bicyclic) bond motifs is 1. The summed E-state index contributed by atoms with van der Waals surface area (Å²) in [4.78, 5) is 38.2. The summed E-state index contributed by atoms with van der Waals surface area (Å²) in [6, 6.07) is 3.26. The lowest BCUT2D eigenvalue weighted by Gasteiger charge is -2.22. The van der Waals surface area contributed by atoms with E-state index in [4.69, 9.17) is 9.47 Å². The van der Waals surface area contributed by atoms with Crippen LogP contribution in [0.4, 0.5) is 5.69 Å². The van der Waals surface area contributed by atoms with Crippen LogP contribution in [0.5, 0.6) is 11.5 Å². The number of rotatable bonds is 4. The number of anilines is 1. The number of carbonyl (C=O) groups excluding carboxylic acids is 3. The summed E-state index contributed by atoms with van der Waals surface area (Å²) in [6.45, 7) is 6.51. The van der Waals surface area contributed by atoms with E-state index in [0.29, 0.717) is 42.5 Å². The highest BCUT2D eigenvalue weighted by Crippen LogP contribution is 2.36. The lowest BCUT2D eigenvalue weighted by atomic mass is 10.0. The molecule has 1 aromatic carbocycles. The molecule has 0 aromatic heterocycles. The topological polar surface area (TPSA) is 84.9 Å². The largest absolute Gasteiger partial charge is 0.486 e. The molecule has 3 rings (SSSR count). The molecule has 0 radical (unpaired) electrons. The second-order valence-electron chi connectivity index (χ2n) is 6.63. The third kappa shape index (κ3) is 3.45. The van der Waals surface area contributed by atoms with Crippen LogP contribution in [0.15, 0.2) is 12.1 Å².